The third-order valence-electron chi connectivity index (χ3n) is 3.95. The largest absolute Gasteiger partial charge is 0.488 e. The van der Waals surface area contributed by atoms with E-state index in [1.165, 1.54) is 0 Å². The van der Waals surface area contributed by atoms with E-state index in [1.54, 1.807) is 25.2 Å². The molecular weight excluding hydrogens is 465 g/mol. The Morgan fingerprint density at radius 1 is 1.15 bits per heavy atom. The maximum absolute atomic E-state index is 12.2. The molecule has 0 aliphatic heterocycles. The number of halogens is 3. The van der Waals surface area contributed by atoms with Gasteiger partial charge in [-0.3, -0.25) is 9.89 Å². The van der Waals surface area contributed by atoms with Gasteiger partial charge >= 0.3 is 0 Å². The molecule has 1 aromatic rings. The van der Waals surface area contributed by atoms with Crippen molar-refractivity contribution < 1.29 is 13.5 Å². The molecule has 0 aliphatic carbocycles. The van der Waals surface area contributed by atoms with Gasteiger partial charge in [-0.25, -0.2) is 8.78 Å². The summed E-state index contributed by atoms with van der Waals surface area (Å²) in [4.78, 5) is 6.62. The average Bonchev–Trinajstić information content (AvgIpc) is 2.59. The van der Waals surface area contributed by atoms with Crippen LogP contribution in [0.3, 0.4) is 0 Å². The topological polar surface area (TPSA) is 48.9 Å². The molecule has 0 aromatic heterocycles. The predicted molar refractivity (Wildman–Crippen MR) is 119 cm³/mol. The standard InChI is InChI=1S/C19H32F2N4O.HI/c1-14(2)25(15(3)4)10-9-23-19(22-5)24-12-16-7-6-8-17(11-16)26-13-18(20)21;/h6-8,11,14-15,18H,9-10,12-13H2,1-5H3,(H2,22,23,24);1H. The highest BCUT2D eigenvalue weighted by atomic mass is 127. The van der Waals surface area contributed by atoms with Crippen molar-refractivity contribution in [2.24, 2.45) is 4.99 Å². The van der Waals surface area contributed by atoms with E-state index in [4.69, 9.17) is 4.74 Å². The number of hydrogen-bond acceptors (Lipinski definition) is 3. The highest BCUT2D eigenvalue weighted by Crippen LogP contribution is 2.14. The van der Waals surface area contributed by atoms with Gasteiger partial charge in [0.15, 0.2) is 5.96 Å². The summed E-state index contributed by atoms with van der Waals surface area (Å²) in [7, 11) is 1.72. The predicted octanol–water partition coefficient (Wildman–Crippen LogP) is 3.73. The van der Waals surface area contributed by atoms with E-state index >= 15 is 0 Å². The molecule has 0 spiro atoms. The molecule has 0 radical (unpaired) electrons. The number of nitrogens with one attached hydrogen (secondary N) is 2. The van der Waals surface area contributed by atoms with E-state index < -0.39 is 13.0 Å². The minimum atomic E-state index is -2.48. The van der Waals surface area contributed by atoms with Crippen LogP contribution in [0.15, 0.2) is 29.3 Å². The summed E-state index contributed by atoms with van der Waals surface area (Å²) in [5, 5.41) is 6.53. The minimum Gasteiger partial charge on any atom is -0.488 e. The Morgan fingerprint density at radius 3 is 2.37 bits per heavy atom. The summed E-state index contributed by atoms with van der Waals surface area (Å²) < 4.78 is 29.5. The molecule has 0 saturated heterocycles. The second-order valence-corrected chi connectivity index (χ2v) is 6.63. The normalized spacial score (nSPS) is 11.9. The van der Waals surface area contributed by atoms with Crippen LogP contribution in [0, 0.1) is 0 Å². The van der Waals surface area contributed by atoms with Crippen LogP contribution in [-0.4, -0.2) is 56.1 Å². The Labute approximate surface area is 179 Å². The summed E-state index contributed by atoms with van der Waals surface area (Å²) in [6.45, 7) is 10.4. The summed E-state index contributed by atoms with van der Waals surface area (Å²) in [6, 6.07) is 8.10. The summed E-state index contributed by atoms with van der Waals surface area (Å²) in [6.07, 6.45) is -2.48. The second-order valence-electron chi connectivity index (χ2n) is 6.63. The van der Waals surface area contributed by atoms with Gasteiger partial charge in [-0.15, -0.1) is 24.0 Å². The Kier molecular flexibility index (Phi) is 13.3. The molecule has 2 N–H and O–H groups in total. The van der Waals surface area contributed by atoms with E-state index in [2.05, 4.69) is 48.2 Å². The third kappa shape index (κ3) is 10.7. The number of nitrogens with zero attached hydrogens (tertiary/aromatic N) is 2. The quantitative estimate of drug-likeness (QED) is 0.293. The molecule has 0 saturated carbocycles. The minimum absolute atomic E-state index is 0. The molecule has 1 aromatic carbocycles. The number of alkyl halides is 2. The molecule has 156 valence electrons. The highest BCUT2D eigenvalue weighted by Gasteiger charge is 2.12. The Hall–Kier alpha value is -1.16. The van der Waals surface area contributed by atoms with Crippen molar-refractivity contribution in [1.29, 1.82) is 0 Å². The summed E-state index contributed by atoms with van der Waals surface area (Å²) in [5.74, 6) is 1.15. The number of rotatable bonds is 10. The van der Waals surface area contributed by atoms with Crippen molar-refractivity contribution in [1.82, 2.24) is 15.5 Å². The van der Waals surface area contributed by atoms with Crippen molar-refractivity contribution in [3.63, 3.8) is 0 Å². The van der Waals surface area contributed by atoms with Crippen molar-refractivity contribution in [3.8, 4) is 5.75 Å². The van der Waals surface area contributed by atoms with Crippen molar-refractivity contribution in [2.45, 2.75) is 52.7 Å². The van der Waals surface area contributed by atoms with E-state index in [1.807, 2.05) is 6.07 Å². The lowest BCUT2D eigenvalue weighted by molar-refractivity contribution is 0.0818. The zero-order chi connectivity index (χ0) is 19.5. The first-order valence-corrected chi connectivity index (χ1v) is 9.03. The highest BCUT2D eigenvalue weighted by molar-refractivity contribution is 14.0. The first-order chi connectivity index (χ1) is 12.3. The lowest BCUT2D eigenvalue weighted by Gasteiger charge is -2.30. The van der Waals surface area contributed by atoms with Crippen molar-refractivity contribution in [2.75, 3.05) is 26.7 Å². The van der Waals surface area contributed by atoms with E-state index in [9.17, 15) is 8.78 Å². The van der Waals surface area contributed by atoms with Gasteiger partial charge in [0.25, 0.3) is 6.43 Å². The number of guanidine groups is 1. The summed E-state index contributed by atoms with van der Waals surface area (Å²) in [5.41, 5.74) is 0.936. The van der Waals surface area contributed by atoms with Crippen LogP contribution >= 0.6 is 24.0 Å². The van der Waals surface area contributed by atoms with Gasteiger partial charge in [-0.05, 0) is 45.4 Å². The Morgan fingerprint density at radius 2 is 1.81 bits per heavy atom. The first-order valence-electron chi connectivity index (χ1n) is 9.03. The Bertz CT molecular complexity index is 548. The SMILES string of the molecule is CN=C(NCCN(C(C)C)C(C)C)NCc1cccc(OCC(F)F)c1.I. The molecule has 5 nitrogen and oxygen atoms in total. The maximum atomic E-state index is 12.2. The zero-order valence-electron chi connectivity index (χ0n) is 16.8. The fourth-order valence-electron chi connectivity index (χ4n) is 2.73. The second kappa shape index (κ2) is 13.9. The molecule has 0 aliphatic rings. The van der Waals surface area contributed by atoms with Gasteiger partial charge in [0.05, 0.1) is 0 Å². The molecule has 0 bridgehead atoms. The molecule has 0 fully saturated rings. The first kappa shape index (κ1) is 25.8. The van der Waals surface area contributed by atoms with Crippen LogP contribution in [0.25, 0.3) is 0 Å². The third-order valence-corrected chi connectivity index (χ3v) is 3.95. The van der Waals surface area contributed by atoms with Gasteiger partial charge in [-0.2, -0.15) is 0 Å². The van der Waals surface area contributed by atoms with Crippen molar-refractivity contribution >= 4 is 29.9 Å². The number of benzene rings is 1. The molecule has 0 unspecified atom stereocenters. The van der Waals surface area contributed by atoms with E-state index in [0.717, 1.165) is 18.7 Å². The molecule has 27 heavy (non-hydrogen) atoms. The molecule has 1 rings (SSSR count). The van der Waals surface area contributed by atoms with Crippen LogP contribution in [0.5, 0.6) is 5.75 Å². The number of aliphatic imine (C=N–C) groups is 1. The lowest BCUT2D eigenvalue weighted by atomic mass is 10.2. The van der Waals surface area contributed by atoms with Gasteiger partial charge in [-0.1, -0.05) is 12.1 Å². The fraction of sp³-hybridized carbons (Fsp3) is 0.632. The number of ether oxygens (including phenoxy) is 1. The smallest absolute Gasteiger partial charge is 0.272 e. The van der Waals surface area contributed by atoms with Gasteiger partial charge in [0.2, 0.25) is 0 Å². The van der Waals surface area contributed by atoms with Crippen LogP contribution in [0.4, 0.5) is 8.78 Å². The molecule has 8 heteroatoms. The molecule has 0 atom stereocenters. The molecule has 0 heterocycles. The van der Waals surface area contributed by atoms with Crippen LogP contribution in [0.2, 0.25) is 0 Å². The Balaban J connectivity index is 0.00000676. The van der Waals surface area contributed by atoms with Crippen molar-refractivity contribution in [3.05, 3.63) is 29.8 Å². The average molecular weight is 498 g/mol. The van der Waals surface area contributed by atoms with Gasteiger partial charge < -0.3 is 15.4 Å². The van der Waals surface area contributed by atoms with Crippen LogP contribution in [-0.2, 0) is 6.54 Å². The van der Waals surface area contributed by atoms with E-state index in [0.29, 0.717) is 30.3 Å². The molecule has 0 amide bonds. The zero-order valence-corrected chi connectivity index (χ0v) is 19.2. The number of hydrogen-bond donors (Lipinski definition) is 2. The van der Waals surface area contributed by atoms with Crippen LogP contribution in [0.1, 0.15) is 33.3 Å². The lowest BCUT2D eigenvalue weighted by Crippen LogP contribution is -2.45. The van der Waals surface area contributed by atoms with Gasteiger partial charge in [0.1, 0.15) is 12.4 Å². The maximum Gasteiger partial charge on any atom is 0.272 e. The van der Waals surface area contributed by atoms with E-state index in [-0.39, 0.29) is 24.0 Å². The van der Waals surface area contributed by atoms with Gasteiger partial charge in [0, 0.05) is 38.8 Å². The summed E-state index contributed by atoms with van der Waals surface area (Å²) >= 11 is 0. The monoisotopic (exact) mass is 498 g/mol. The fourth-order valence-corrected chi connectivity index (χ4v) is 2.73. The van der Waals surface area contributed by atoms with Crippen LogP contribution < -0.4 is 15.4 Å². The molecular formula is C19H33F2IN4O.